The number of hydrogen-bond donors (Lipinski definition) is 0. The zero-order valence-corrected chi connectivity index (χ0v) is 14.6. The van der Waals surface area contributed by atoms with E-state index in [9.17, 15) is 14.4 Å². The summed E-state index contributed by atoms with van der Waals surface area (Å²) in [6.45, 7) is 7.18. The molecule has 6 heteroatoms. The third kappa shape index (κ3) is 4.13. The zero-order valence-electron chi connectivity index (χ0n) is 14.6. The first-order valence-corrected chi connectivity index (χ1v) is 8.10. The van der Waals surface area contributed by atoms with E-state index in [1.54, 1.807) is 27.7 Å². The fourth-order valence-electron chi connectivity index (χ4n) is 2.65. The molecule has 1 heterocycles. The summed E-state index contributed by atoms with van der Waals surface area (Å²) >= 11 is 0. The molecule has 24 heavy (non-hydrogen) atoms. The Morgan fingerprint density at radius 3 is 2.38 bits per heavy atom. The molecule has 0 radical (unpaired) electrons. The fraction of sp³-hybridized carbons (Fsp3) is 0.500. The number of benzene rings is 1. The van der Waals surface area contributed by atoms with Crippen LogP contribution in [0.2, 0.25) is 0 Å². The lowest BCUT2D eigenvalue weighted by Crippen LogP contribution is -2.61. The van der Waals surface area contributed by atoms with Crippen LogP contribution in [0.4, 0.5) is 4.79 Å². The number of rotatable bonds is 3. The van der Waals surface area contributed by atoms with Gasteiger partial charge in [-0.2, -0.15) is 0 Å². The van der Waals surface area contributed by atoms with Gasteiger partial charge in [-0.05, 0) is 32.8 Å². The molecule has 1 aromatic rings. The van der Waals surface area contributed by atoms with Crippen molar-refractivity contribution in [3.63, 3.8) is 0 Å². The summed E-state index contributed by atoms with van der Waals surface area (Å²) in [4.78, 5) is 40.0. The first-order valence-electron chi connectivity index (χ1n) is 8.10. The van der Waals surface area contributed by atoms with Crippen molar-refractivity contribution in [2.45, 2.75) is 52.3 Å². The lowest BCUT2D eigenvalue weighted by Gasteiger charge is -2.39. The third-order valence-corrected chi connectivity index (χ3v) is 3.70. The first-order chi connectivity index (χ1) is 11.2. The number of piperazine rings is 1. The molecule has 1 atom stereocenters. The van der Waals surface area contributed by atoms with Crippen molar-refractivity contribution < 1.29 is 19.1 Å². The predicted molar refractivity (Wildman–Crippen MR) is 89.0 cm³/mol. The average Bonchev–Trinajstić information content (AvgIpc) is 2.49. The molecule has 0 N–H and O–H groups in total. The molecule has 6 nitrogen and oxygen atoms in total. The Bertz CT molecular complexity index is 622. The summed E-state index contributed by atoms with van der Waals surface area (Å²) in [6, 6.07) is 8.65. The van der Waals surface area contributed by atoms with E-state index in [4.69, 9.17) is 4.74 Å². The van der Waals surface area contributed by atoms with E-state index >= 15 is 0 Å². The number of ether oxygens (including phenoxy) is 1. The topological polar surface area (TPSA) is 66.9 Å². The first kappa shape index (κ1) is 18.0. The van der Waals surface area contributed by atoms with Crippen LogP contribution < -0.4 is 0 Å². The van der Waals surface area contributed by atoms with Crippen LogP contribution in [-0.4, -0.2) is 45.9 Å². The molecule has 1 aliphatic heterocycles. The standard InChI is InChI=1S/C18H24N2O4/c1-5-14-16(22)19(11-13-9-7-6-8-10-13)12-15(21)20(14)17(23)24-18(2,3)4/h6-10,14H,5,11-12H2,1-4H3. The van der Waals surface area contributed by atoms with Crippen LogP contribution in [0, 0.1) is 0 Å². The van der Waals surface area contributed by atoms with Crippen molar-refractivity contribution in [1.29, 1.82) is 0 Å². The second kappa shape index (κ2) is 7.03. The molecule has 1 unspecified atom stereocenters. The highest BCUT2D eigenvalue weighted by atomic mass is 16.6. The van der Waals surface area contributed by atoms with Crippen LogP contribution in [0.5, 0.6) is 0 Å². The van der Waals surface area contributed by atoms with E-state index in [1.807, 2.05) is 30.3 Å². The monoisotopic (exact) mass is 332 g/mol. The molecule has 1 aliphatic rings. The van der Waals surface area contributed by atoms with Gasteiger partial charge in [-0.1, -0.05) is 37.3 Å². The van der Waals surface area contributed by atoms with Crippen LogP contribution in [0.15, 0.2) is 30.3 Å². The van der Waals surface area contributed by atoms with Crippen LogP contribution >= 0.6 is 0 Å². The normalized spacial score (nSPS) is 18.8. The van der Waals surface area contributed by atoms with E-state index in [1.165, 1.54) is 4.90 Å². The second-order valence-corrected chi connectivity index (χ2v) is 6.85. The Morgan fingerprint density at radius 2 is 1.83 bits per heavy atom. The third-order valence-electron chi connectivity index (χ3n) is 3.70. The van der Waals surface area contributed by atoms with Gasteiger partial charge in [0.25, 0.3) is 5.91 Å². The van der Waals surface area contributed by atoms with Crippen molar-refractivity contribution in [2.24, 2.45) is 0 Å². The number of amides is 3. The van der Waals surface area contributed by atoms with Crippen molar-refractivity contribution >= 4 is 17.9 Å². The molecule has 1 fully saturated rings. The van der Waals surface area contributed by atoms with Gasteiger partial charge in [0.05, 0.1) is 0 Å². The Labute approximate surface area is 142 Å². The van der Waals surface area contributed by atoms with Gasteiger partial charge in [0, 0.05) is 6.54 Å². The minimum absolute atomic E-state index is 0.122. The van der Waals surface area contributed by atoms with E-state index in [2.05, 4.69) is 0 Å². The zero-order chi connectivity index (χ0) is 17.9. The highest BCUT2D eigenvalue weighted by Gasteiger charge is 2.43. The summed E-state index contributed by atoms with van der Waals surface area (Å²) in [5.41, 5.74) is 0.221. The van der Waals surface area contributed by atoms with Crippen LogP contribution in [0.3, 0.4) is 0 Å². The van der Waals surface area contributed by atoms with E-state index in [-0.39, 0.29) is 12.5 Å². The number of hydrogen-bond acceptors (Lipinski definition) is 4. The fourth-order valence-corrected chi connectivity index (χ4v) is 2.65. The predicted octanol–water partition coefficient (Wildman–Crippen LogP) is 2.57. The molecular weight excluding hydrogens is 308 g/mol. The highest BCUT2D eigenvalue weighted by Crippen LogP contribution is 2.21. The smallest absolute Gasteiger partial charge is 0.417 e. The molecule has 0 spiro atoms. The van der Waals surface area contributed by atoms with Gasteiger partial charge in [-0.3, -0.25) is 9.59 Å². The van der Waals surface area contributed by atoms with Gasteiger partial charge in [-0.15, -0.1) is 0 Å². The van der Waals surface area contributed by atoms with Gasteiger partial charge < -0.3 is 9.64 Å². The molecular formula is C18H24N2O4. The lowest BCUT2D eigenvalue weighted by atomic mass is 10.1. The van der Waals surface area contributed by atoms with Gasteiger partial charge >= 0.3 is 6.09 Å². The van der Waals surface area contributed by atoms with Crippen LogP contribution in [-0.2, 0) is 20.9 Å². The molecule has 0 bridgehead atoms. The van der Waals surface area contributed by atoms with Gasteiger partial charge in [-0.25, -0.2) is 9.69 Å². The Balaban J connectivity index is 2.17. The Hall–Kier alpha value is -2.37. The molecule has 130 valence electrons. The Kier molecular flexibility index (Phi) is 5.26. The van der Waals surface area contributed by atoms with Gasteiger partial charge in [0.1, 0.15) is 18.2 Å². The molecule has 0 aliphatic carbocycles. The van der Waals surface area contributed by atoms with Crippen LogP contribution in [0.25, 0.3) is 0 Å². The van der Waals surface area contributed by atoms with Crippen molar-refractivity contribution in [1.82, 2.24) is 9.80 Å². The summed E-state index contributed by atoms with van der Waals surface area (Å²) in [5.74, 6) is -0.640. The highest BCUT2D eigenvalue weighted by molar-refractivity contribution is 6.03. The number of carbonyl (C=O) groups is 3. The number of nitrogens with zero attached hydrogens (tertiary/aromatic N) is 2. The molecule has 3 amide bonds. The van der Waals surface area contributed by atoms with E-state index in [0.29, 0.717) is 13.0 Å². The molecule has 1 aromatic carbocycles. The molecule has 0 aromatic heterocycles. The van der Waals surface area contributed by atoms with Crippen molar-refractivity contribution in [3.8, 4) is 0 Å². The SMILES string of the molecule is CCC1C(=O)N(Cc2ccccc2)CC(=O)N1C(=O)OC(C)(C)C. The molecule has 1 saturated heterocycles. The van der Waals surface area contributed by atoms with E-state index < -0.39 is 23.6 Å². The van der Waals surface area contributed by atoms with E-state index in [0.717, 1.165) is 10.5 Å². The molecule has 2 rings (SSSR count). The van der Waals surface area contributed by atoms with Crippen LogP contribution in [0.1, 0.15) is 39.7 Å². The summed E-state index contributed by atoms with van der Waals surface area (Å²) in [5, 5.41) is 0. The summed E-state index contributed by atoms with van der Waals surface area (Å²) < 4.78 is 5.28. The maximum absolute atomic E-state index is 12.7. The maximum Gasteiger partial charge on any atom is 0.417 e. The maximum atomic E-state index is 12.7. The largest absolute Gasteiger partial charge is 0.443 e. The Morgan fingerprint density at radius 1 is 1.21 bits per heavy atom. The summed E-state index contributed by atoms with van der Waals surface area (Å²) in [6.07, 6.45) is -0.401. The average molecular weight is 332 g/mol. The minimum atomic E-state index is -0.815. The van der Waals surface area contributed by atoms with Gasteiger partial charge in [0.15, 0.2) is 0 Å². The minimum Gasteiger partial charge on any atom is -0.443 e. The second-order valence-electron chi connectivity index (χ2n) is 6.85. The van der Waals surface area contributed by atoms with Crippen molar-refractivity contribution in [2.75, 3.05) is 6.54 Å². The van der Waals surface area contributed by atoms with Gasteiger partial charge in [0.2, 0.25) is 5.91 Å². The number of carbonyl (C=O) groups excluding carboxylic acids is 3. The summed E-state index contributed by atoms with van der Waals surface area (Å²) in [7, 11) is 0. The quantitative estimate of drug-likeness (QED) is 0.853. The molecule has 0 saturated carbocycles. The number of imide groups is 1. The lowest BCUT2D eigenvalue weighted by molar-refractivity contribution is -0.155. The van der Waals surface area contributed by atoms with Crippen molar-refractivity contribution in [3.05, 3.63) is 35.9 Å².